The molecule has 1 amide bonds. The number of carbonyl (C=O) groups is 1. The maximum Gasteiger partial charge on any atom is 0.287 e. The summed E-state index contributed by atoms with van der Waals surface area (Å²) in [6.07, 6.45) is 8.02. The number of ether oxygens (including phenoxy) is 1. The first kappa shape index (κ1) is 13.0. The number of methoxy groups -OCH3 is 1. The Kier molecular flexibility index (Phi) is 3.34. The van der Waals surface area contributed by atoms with Crippen LogP contribution in [0, 0.1) is 17.8 Å². The van der Waals surface area contributed by atoms with Gasteiger partial charge in [0.15, 0.2) is 5.76 Å². The van der Waals surface area contributed by atoms with Gasteiger partial charge in [-0.15, -0.1) is 0 Å². The minimum absolute atomic E-state index is 0.0227. The maximum absolute atomic E-state index is 12.0. The molecule has 1 saturated carbocycles. The number of carbonyl (C=O) groups excluding carboxylic acids is 1. The Morgan fingerprint density at radius 3 is 2.90 bits per heavy atom. The standard InChI is InChI=1S/C15H17NO4/c1-19-14-8-20-13(6-12(14)17)15(18)16-7-11-5-9-2-3-10(11)4-9/h2-3,6,8-11H,4-5,7H2,1H3,(H,16,18)/t9-,10-,11+/m0/s1. The highest BCUT2D eigenvalue weighted by atomic mass is 16.5. The van der Waals surface area contributed by atoms with Crippen LogP contribution >= 0.6 is 0 Å². The second kappa shape index (κ2) is 5.15. The average molecular weight is 275 g/mol. The third-order valence-corrected chi connectivity index (χ3v) is 4.18. The van der Waals surface area contributed by atoms with Crippen molar-refractivity contribution in [2.24, 2.45) is 17.8 Å². The largest absolute Gasteiger partial charge is 0.490 e. The van der Waals surface area contributed by atoms with Gasteiger partial charge >= 0.3 is 0 Å². The van der Waals surface area contributed by atoms with Crippen LogP contribution in [0.4, 0.5) is 0 Å². The molecule has 1 N–H and O–H groups in total. The van der Waals surface area contributed by atoms with E-state index in [0.29, 0.717) is 24.3 Å². The minimum Gasteiger partial charge on any atom is -0.490 e. The topological polar surface area (TPSA) is 68.5 Å². The first-order valence-corrected chi connectivity index (χ1v) is 6.80. The van der Waals surface area contributed by atoms with Crippen LogP contribution in [-0.4, -0.2) is 19.6 Å². The Hall–Kier alpha value is -2.04. The summed E-state index contributed by atoms with van der Waals surface area (Å²) in [4.78, 5) is 23.5. The van der Waals surface area contributed by atoms with Gasteiger partial charge in [0.25, 0.3) is 5.91 Å². The molecule has 0 aromatic carbocycles. The molecule has 106 valence electrons. The normalized spacial score (nSPS) is 26.8. The molecule has 5 heteroatoms. The van der Waals surface area contributed by atoms with E-state index in [1.807, 2.05) is 0 Å². The fourth-order valence-corrected chi connectivity index (χ4v) is 3.11. The lowest BCUT2D eigenvalue weighted by Crippen LogP contribution is -2.31. The number of allylic oxidation sites excluding steroid dienone is 2. The van der Waals surface area contributed by atoms with Gasteiger partial charge in [-0.3, -0.25) is 9.59 Å². The van der Waals surface area contributed by atoms with E-state index in [1.165, 1.54) is 13.5 Å². The maximum atomic E-state index is 12.0. The van der Waals surface area contributed by atoms with Crippen LogP contribution in [0.15, 0.2) is 33.7 Å². The lowest BCUT2D eigenvalue weighted by atomic mass is 9.93. The van der Waals surface area contributed by atoms with Gasteiger partial charge in [-0.25, -0.2) is 0 Å². The molecule has 5 nitrogen and oxygen atoms in total. The van der Waals surface area contributed by atoms with Gasteiger partial charge in [0.1, 0.15) is 6.26 Å². The van der Waals surface area contributed by atoms with E-state index in [9.17, 15) is 9.59 Å². The molecular weight excluding hydrogens is 258 g/mol. The second-order valence-corrected chi connectivity index (χ2v) is 5.43. The van der Waals surface area contributed by atoms with Crippen molar-refractivity contribution in [3.8, 4) is 5.75 Å². The Labute approximate surface area is 116 Å². The predicted molar refractivity (Wildman–Crippen MR) is 72.7 cm³/mol. The number of amides is 1. The summed E-state index contributed by atoms with van der Waals surface area (Å²) in [5.41, 5.74) is -0.355. The summed E-state index contributed by atoms with van der Waals surface area (Å²) < 4.78 is 9.93. The van der Waals surface area contributed by atoms with E-state index in [1.54, 1.807) is 0 Å². The summed E-state index contributed by atoms with van der Waals surface area (Å²) >= 11 is 0. The Morgan fingerprint density at radius 2 is 2.30 bits per heavy atom. The first-order chi connectivity index (χ1) is 9.67. The second-order valence-electron chi connectivity index (χ2n) is 5.43. The third-order valence-electron chi connectivity index (χ3n) is 4.18. The van der Waals surface area contributed by atoms with Crippen molar-refractivity contribution in [3.63, 3.8) is 0 Å². The molecule has 2 bridgehead atoms. The highest BCUT2D eigenvalue weighted by molar-refractivity contribution is 5.91. The van der Waals surface area contributed by atoms with Crippen molar-refractivity contribution in [1.82, 2.24) is 5.32 Å². The molecule has 3 rings (SSSR count). The molecule has 1 heterocycles. The molecule has 2 aliphatic rings. The number of rotatable bonds is 4. The molecule has 1 aromatic heterocycles. The number of fused-ring (bicyclic) bond motifs is 2. The van der Waals surface area contributed by atoms with Crippen molar-refractivity contribution in [2.45, 2.75) is 12.8 Å². The SMILES string of the molecule is COc1coc(C(=O)NC[C@H]2C[C@H]3C=C[C@H]2C3)cc1=O. The minimum atomic E-state index is -0.355. The molecule has 0 aliphatic heterocycles. The molecule has 20 heavy (non-hydrogen) atoms. The fraction of sp³-hybridized carbons (Fsp3) is 0.467. The molecule has 0 unspecified atom stereocenters. The van der Waals surface area contributed by atoms with E-state index in [-0.39, 0.29) is 22.8 Å². The van der Waals surface area contributed by atoms with Crippen molar-refractivity contribution < 1.29 is 13.9 Å². The van der Waals surface area contributed by atoms with Crippen LogP contribution < -0.4 is 15.5 Å². The van der Waals surface area contributed by atoms with E-state index in [4.69, 9.17) is 9.15 Å². The van der Waals surface area contributed by atoms with Crippen molar-refractivity contribution in [3.05, 3.63) is 40.5 Å². The average Bonchev–Trinajstić information content (AvgIpc) is 3.07. The van der Waals surface area contributed by atoms with Gasteiger partial charge < -0.3 is 14.5 Å². The van der Waals surface area contributed by atoms with Gasteiger partial charge in [-0.05, 0) is 30.6 Å². The zero-order chi connectivity index (χ0) is 14.1. The van der Waals surface area contributed by atoms with E-state index in [2.05, 4.69) is 17.5 Å². The van der Waals surface area contributed by atoms with E-state index >= 15 is 0 Å². The molecular formula is C15H17NO4. The van der Waals surface area contributed by atoms with E-state index < -0.39 is 0 Å². The number of hydrogen-bond donors (Lipinski definition) is 1. The van der Waals surface area contributed by atoms with Gasteiger partial charge in [-0.1, -0.05) is 12.2 Å². The lowest BCUT2D eigenvalue weighted by Gasteiger charge is -2.18. The van der Waals surface area contributed by atoms with Crippen LogP contribution in [0.3, 0.4) is 0 Å². The predicted octanol–water partition coefficient (Wildman–Crippen LogP) is 1.59. The zero-order valence-corrected chi connectivity index (χ0v) is 11.3. The lowest BCUT2D eigenvalue weighted by molar-refractivity contribution is 0.0914. The summed E-state index contributed by atoms with van der Waals surface area (Å²) in [7, 11) is 1.38. The smallest absolute Gasteiger partial charge is 0.287 e. The van der Waals surface area contributed by atoms with Crippen LogP contribution in [0.25, 0.3) is 0 Å². The highest BCUT2D eigenvalue weighted by Gasteiger charge is 2.35. The quantitative estimate of drug-likeness (QED) is 0.847. The zero-order valence-electron chi connectivity index (χ0n) is 11.3. The summed E-state index contributed by atoms with van der Waals surface area (Å²) in [5, 5.41) is 2.84. The van der Waals surface area contributed by atoms with Crippen molar-refractivity contribution >= 4 is 5.91 Å². The first-order valence-electron chi connectivity index (χ1n) is 6.80. The molecule has 2 aliphatic carbocycles. The van der Waals surface area contributed by atoms with Gasteiger partial charge in [-0.2, -0.15) is 0 Å². The van der Waals surface area contributed by atoms with Crippen LogP contribution in [0.5, 0.6) is 5.75 Å². The molecule has 1 fully saturated rings. The Bertz CT molecular complexity index is 604. The fourth-order valence-electron chi connectivity index (χ4n) is 3.11. The van der Waals surface area contributed by atoms with Crippen molar-refractivity contribution in [1.29, 1.82) is 0 Å². The molecule has 1 aromatic rings. The number of nitrogens with one attached hydrogen (secondary N) is 1. The Morgan fingerprint density at radius 1 is 1.45 bits per heavy atom. The Balaban J connectivity index is 1.61. The molecule has 0 radical (unpaired) electrons. The molecule has 0 saturated heterocycles. The van der Waals surface area contributed by atoms with Crippen LogP contribution in [0.2, 0.25) is 0 Å². The summed E-state index contributed by atoms with van der Waals surface area (Å²) in [6, 6.07) is 1.16. The van der Waals surface area contributed by atoms with Crippen LogP contribution in [0.1, 0.15) is 23.4 Å². The van der Waals surface area contributed by atoms with Gasteiger partial charge in [0, 0.05) is 12.6 Å². The third kappa shape index (κ3) is 2.35. The molecule has 0 spiro atoms. The monoisotopic (exact) mass is 275 g/mol. The van der Waals surface area contributed by atoms with Gasteiger partial charge in [0.2, 0.25) is 11.2 Å². The summed E-state index contributed by atoms with van der Waals surface area (Å²) in [5.74, 6) is 1.54. The molecule has 3 atom stereocenters. The summed E-state index contributed by atoms with van der Waals surface area (Å²) in [6.45, 7) is 0.625. The number of hydrogen-bond acceptors (Lipinski definition) is 4. The highest BCUT2D eigenvalue weighted by Crippen LogP contribution is 2.42. The van der Waals surface area contributed by atoms with Crippen molar-refractivity contribution in [2.75, 3.05) is 13.7 Å². The van der Waals surface area contributed by atoms with Crippen LogP contribution in [-0.2, 0) is 0 Å². The van der Waals surface area contributed by atoms with Gasteiger partial charge in [0.05, 0.1) is 7.11 Å². The van der Waals surface area contributed by atoms with E-state index in [0.717, 1.165) is 18.8 Å².